The molecule has 0 aromatic heterocycles. The molecule has 0 heterocycles. The smallest absolute Gasteiger partial charge is 0.142 e. The van der Waals surface area contributed by atoms with E-state index in [1.165, 1.54) is 0 Å². The Balaban J connectivity index is 4.44. The van der Waals surface area contributed by atoms with Crippen LogP contribution in [0.5, 0.6) is 0 Å². The van der Waals surface area contributed by atoms with Crippen LogP contribution >= 0.6 is 0 Å². The Morgan fingerprint density at radius 2 is 1.73 bits per heavy atom. The van der Waals surface area contributed by atoms with Crippen LogP contribution in [0.4, 0.5) is 0 Å². The minimum atomic E-state index is -0.700. The molecule has 0 aliphatic heterocycles. The largest absolute Gasteiger partial charge is 0.393 e. The first-order valence-electron chi connectivity index (χ1n) is 5.33. The summed E-state index contributed by atoms with van der Waals surface area (Å²) >= 11 is 0. The van der Waals surface area contributed by atoms with Crippen LogP contribution in [0, 0.1) is 5.41 Å². The second kappa shape index (κ2) is 5.58. The number of rotatable bonds is 6. The van der Waals surface area contributed by atoms with E-state index >= 15 is 0 Å². The van der Waals surface area contributed by atoms with E-state index in [1.807, 2.05) is 0 Å². The molecule has 0 rings (SSSR count). The Bertz CT molecular complexity index is 212. The highest BCUT2D eigenvalue weighted by Gasteiger charge is 2.34. The van der Waals surface area contributed by atoms with E-state index in [-0.39, 0.29) is 18.2 Å². The SMILES string of the molecule is CC(O)CC(=O)C(C)(C)C(N)CC(C)O. The summed E-state index contributed by atoms with van der Waals surface area (Å²) in [5.74, 6) is -0.0642. The highest BCUT2D eigenvalue weighted by molar-refractivity contribution is 5.85. The van der Waals surface area contributed by atoms with Gasteiger partial charge in [-0.3, -0.25) is 4.79 Å². The second-order valence-corrected chi connectivity index (χ2v) is 4.89. The number of aliphatic hydroxyl groups is 2. The lowest BCUT2D eigenvalue weighted by molar-refractivity contribution is -0.130. The molecule has 0 aromatic carbocycles. The van der Waals surface area contributed by atoms with Crippen LogP contribution in [0.1, 0.15) is 40.5 Å². The molecular weight excluding hydrogens is 194 g/mol. The highest BCUT2D eigenvalue weighted by atomic mass is 16.3. The molecule has 0 saturated carbocycles. The lowest BCUT2D eigenvalue weighted by Gasteiger charge is -2.31. The molecule has 0 saturated heterocycles. The number of nitrogens with two attached hydrogens (primary N) is 1. The number of hydrogen-bond donors (Lipinski definition) is 3. The zero-order valence-corrected chi connectivity index (χ0v) is 10.0. The van der Waals surface area contributed by atoms with Gasteiger partial charge in [-0.05, 0) is 20.3 Å². The van der Waals surface area contributed by atoms with E-state index in [9.17, 15) is 9.90 Å². The first kappa shape index (κ1) is 14.6. The van der Waals surface area contributed by atoms with E-state index in [2.05, 4.69) is 0 Å². The fraction of sp³-hybridized carbons (Fsp3) is 0.909. The van der Waals surface area contributed by atoms with Gasteiger partial charge in [0.1, 0.15) is 5.78 Å². The van der Waals surface area contributed by atoms with E-state index in [0.29, 0.717) is 6.42 Å². The van der Waals surface area contributed by atoms with Gasteiger partial charge in [0, 0.05) is 17.9 Å². The summed E-state index contributed by atoms with van der Waals surface area (Å²) in [6.45, 7) is 6.73. The molecule has 0 aromatic rings. The van der Waals surface area contributed by atoms with Crippen molar-refractivity contribution in [3.63, 3.8) is 0 Å². The molecule has 0 aliphatic rings. The zero-order valence-electron chi connectivity index (χ0n) is 10.0. The van der Waals surface area contributed by atoms with Crippen molar-refractivity contribution >= 4 is 5.78 Å². The minimum absolute atomic E-state index is 0.0642. The monoisotopic (exact) mass is 217 g/mol. The van der Waals surface area contributed by atoms with Gasteiger partial charge in [0.2, 0.25) is 0 Å². The molecule has 0 amide bonds. The summed E-state index contributed by atoms with van der Waals surface area (Å²) in [6.07, 6.45) is -0.659. The van der Waals surface area contributed by atoms with Gasteiger partial charge in [-0.1, -0.05) is 13.8 Å². The lowest BCUT2D eigenvalue weighted by atomic mass is 9.77. The molecule has 15 heavy (non-hydrogen) atoms. The van der Waals surface area contributed by atoms with Crippen molar-refractivity contribution in [1.29, 1.82) is 0 Å². The van der Waals surface area contributed by atoms with E-state index in [1.54, 1.807) is 27.7 Å². The number of ketones is 1. The van der Waals surface area contributed by atoms with Crippen LogP contribution in [0.2, 0.25) is 0 Å². The topological polar surface area (TPSA) is 83.5 Å². The standard InChI is InChI=1S/C11H23NO3/c1-7(13)5-9(12)11(3,4)10(15)6-8(2)14/h7-9,13-14H,5-6,12H2,1-4H3. The van der Waals surface area contributed by atoms with Crippen molar-refractivity contribution in [3.05, 3.63) is 0 Å². The van der Waals surface area contributed by atoms with Crippen LogP contribution in [-0.2, 0) is 4.79 Å². The van der Waals surface area contributed by atoms with Crippen LogP contribution < -0.4 is 5.73 Å². The van der Waals surface area contributed by atoms with Crippen molar-refractivity contribution < 1.29 is 15.0 Å². The molecule has 90 valence electrons. The van der Waals surface area contributed by atoms with Crippen molar-refractivity contribution in [2.24, 2.45) is 11.1 Å². The molecule has 4 heteroatoms. The Hall–Kier alpha value is -0.450. The Morgan fingerprint density at radius 1 is 1.27 bits per heavy atom. The van der Waals surface area contributed by atoms with Gasteiger partial charge >= 0.3 is 0 Å². The number of hydrogen-bond acceptors (Lipinski definition) is 4. The summed E-state index contributed by atoms with van der Waals surface area (Å²) in [5, 5.41) is 18.3. The molecule has 4 nitrogen and oxygen atoms in total. The van der Waals surface area contributed by atoms with Crippen LogP contribution in [0.15, 0.2) is 0 Å². The maximum Gasteiger partial charge on any atom is 0.142 e. The number of carbonyl (C=O) groups is 1. The number of carbonyl (C=O) groups excluding carboxylic acids is 1. The lowest BCUT2D eigenvalue weighted by Crippen LogP contribution is -2.45. The molecule has 0 radical (unpaired) electrons. The average Bonchev–Trinajstić information content (AvgIpc) is 2.01. The molecule has 3 atom stereocenters. The van der Waals surface area contributed by atoms with Crippen LogP contribution in [0.25, 0.3) is 0 Å². The van der Waals surface area contributed by atoms with E-state index < -0.39 is 17.6 Å². The van der Waals surface area contributed by atoms with Gasteiger partial charge in [-0.15, -0.1) is 0 Å². The third-order valence-electron chi connectivity index (χ3n) is 2.72. The van der Waals surface area contributed by atoms with Gasteiger partial charge in [-0.2, -0.15) is 0 Å². The molecule has 0 spiro atoms. The molecule has 0 bridgehead atoms. The highest BCUT2D eigenvalue weighted by Crippen LogP contribution is 2.25. The predicted octanol–water partition coefficient (Wildman–Crippen LogP) is 0.451. The van der Waals surface area contributed by atoms with Gasteiger partial charge in [0.15, 0.2) is 0 Å². The first-order valence-corrected chi connectivity index (χ1v) is 5.33. The summed E-state index contributed by atoms with van der Waals surface area (Å²) in [5.41, 5.74) is 5.17. The van der Waals surface area contributed by atoms with Crippen molar-refractivity contribution in [2.45, 2.75) is 58.8 Å². The third kappa shape index (κ3) is 4.73. The maximum absolute atomic E-state index is 11.8. The third-order valence-corrected chi connectivity index (χ3v) is 2.72. The Labute approximate surface area is 91.5 Å². The molecule has 4 N–H and O–H groups in total. The van der Waals surface area contributed by atoms with Gasteiger partial charge < -0.3 is 15.9 Å². The molecule has 0 aliphatic carbocycles. The maximum atomic E-state index is 11.8. The van der Waals surface area contributed by atoms with E-state index in [0.717, 1.165) is 0 Å². The zero-order chi connectivity index (χ0) is 12.2. The normalized spacial score (nSPS) is 18.3. The fourth-order valence-corrected chi connectivity index (χ4v) is 1.40. The fourth-order valence-electron chi connectivity index (χ4n) is 1.40. The van der Waals surface area contributed by atoms with E-state index in [4.69, 9.17) is 10.8 Å². The first-order chi connectivity index (χ1) is 6.67. The van der Waals surface area contributed by atoms with Crippen LogP contribution in [0.3, 0.4) is 0 Å². The second-order valence-electron chi connectivity index (χ2n) is 4.89. The van der Waals surface area contributed by atoms with Crippen molar-refractivity contribution in [2.75, 3.05) is 0 Å². The Morgan fingerprint density at radius 3 is 2.07 bits per heavy atom. The molecule has 3 unspecified atom stereocenters. The summed E-state index contributed by atoms with van der Waals surface area (Å²) in [7, 11) is 0. The van der Waals surface area contributed by atoms with Crippen LogP contribution in [-0.4, -0.2) is 34.2 Å². The van der Waals surface area contributed by atoms with Gasteiger partial charge in [0.25, 0.3) is 0 Å². The molecular formula is C11H23NO3. The van der Waals surface area contributed by atoms with Gasteiger partial charge in [-0.25, -0.2) is 0 Å². The minimum Gasteiger partial charge on any atom is -0.393 e. The quantitative estimate of drug-likeness (QED) is 0.603. The summed E-state index contributed by atoms with van der Waals surface area (Å²) in [4.78, 5) is 11.8. The Kier molecular flexibility index (Phi) is 5.42. The summed E-state index contributed by atoms with van der Waals surface area (Å²) in [6, 6.07) is -0.385. The number of aliphatic hydroxyl groups excluding tert-OH is 2. The van der Waals surface area contributed by atoms with Crippen molar-refractivity contribution in [3.8, 4) is 0 Å². The predicted molar refractivity (Wildman–Crippen MR) is 59.4 cm³/mol. The van der Waals surface area contributed by atoms with Gasteiger partial charge in [0.05, 0.1) is 12.2 Å². The number of Topliss-reactive ketones (excluding diaryl/α,β-unsaturated/α-hetero) is 1. The molecule has 0 fully saturated rings. The summed E-state index contributed by atoms with van der Waals surface area (Å²) < 4.78 is 0. The van der Waals surface area contributed by atoms with Crippen molar-refractivity contribution in [1.82, 2.24) is 0 Å². The average molecular weight is 217 g/mol.